The van der Waals surface area contributed by atoms with Gasteiger partial charge in [-0.2, -0.15) is 0 Å². The second kappa shape index (κ2) is 4.79. The highest BCUT2D eigenvalue weighted by Crippen LogP contribution is 2.23. The molecule has 0 aromatic heterocycles. The van der Waals surface area contributed by atoms with Gasteiger partial charge in [0.15, 0.2) is 5.78 Å². The van der Waals surface area contributed by atoms with Crippen LogP contribution in [0.2, 0.25) is 0 Å². The summed E-state index contributed by atoms with van der Waals surface area (Å²) in [5, 5.41) is 0. The highest BCUT2D eigenvalue weighted by molar-refractivity contribution is 9.25. The fourth-order valence-electron chi connectivity index (χ4n) is 1.26. The number of hydrogen-bond acceptors (Lipinski definition) is 1. The minimum Gasteiger partial charge on any atom is -0.292 e. The van der Waals surface area contributed by atoms with Crippen LogP contribution in [-0.2, 0) is 5.41 Å². The number of alkyl halides is 2. The van der Waals surface area contributed by atoms with Crippen molar-refractivity contribution in [2.75, 3.05) is 0 Å². The first-order valence-corrected chi connectivity index (χ1v) is 6.58. The molecule has 15 heavy (non-hydrogen) atoms. The minimum absolute atomic E-state index is 0.0514. The third-order valence-electron chi connectivity index (χ3n) is 2.23. The van der Waals surface area contributed by atoms with Gasteiger partial charge < -0.3 is 0 Å². The van der Waals surface area contributed by atoms with E-state index in [9.17, 15) is 4.79 Å². The number of halogens is 2. The first kappa shape index (κ1) is 12.9. The monoisotopic (exact) mass is 332 g/mol. The Labute approximate surface area is 108 Å². The summed E-state index contributed by atoms with van der Waals surface area (Å²) in [5.74, 6) is 0.0514. The van der Waals surface area contributed by atoms with Crippen LogP contribution in [0.25, 0.3) is 0 Å². The van der Waals surface area contributed by atoms with Crippen molar-refractivity contribution in [3.05, 3.63) is 35.4 Å². The van der Waals surface area contributed by atoms with Crippen LogP contribution in [0.5, 0.6) is 0 Å². The van der Waals surface area contributed by atoms with E-state index in [1.165, 1.54) is 5.56 Å². The van der Waals surface area contributed by atoms with Crippen LogP contribution in [0.15, 0.2) is 24.3 Å². The Morgan fingerprint density at radius 2 is 1.60 bits per heavy atom. The van der Waals surface area contributed by atoms with Crippen molar-refractivity contribution in [1.82, 2.24) is 0 Å². The van der Waals surface area contributed by atoms with Crippen molar-refractivity contribution < 1.29 is 4.79 Å². The number of carbonyl (C=O) groups excluding carboxylic acids is 1. The standard InChI is InChI=1S/C12H14Br2O/c1-12(2,3)9-6-4-8(5-7-9)10(15)11(13)14/h4-7,11H,1-3H3. The van der Waals surface area contributed by atoms with Gasteiger partial charge in [0, 0.05) is 5.56 Å². The van der Waals surface area contributed by atoms with Crippen LogP contribution >= 0.6 is 31.9 Å². The maximum atomic E-state index is 11.6. The Hall–Kier alpha value is -0.150. The van der Waals surface area contributed by atoms with Crippen LogP contribution in [0, 0.1) is 0 Å². The molecule has 1 aromatic rings. The summed E-state index contributed by atoms with van der Waals surface area (Å²) in [6, 6.07) is 7.77. The molecule has 1 aromatic carbocycles. The smallest absolute Gasteiger partial charge is 0.187 e. The van der Waals surface area contributed by atoms with Gasteiger partial charge in [-0.05, 0) is 11.0 Å². The van der Waals surface area contributed by atoms with Crippen molar-refractivity contribution in [3.63, 3.8) is 0 Å². The van der Waals surface area contributed by atoms with E-state index in [0.717, 1.165) is 5.56 Å². The van der Waals surface area contributed by atoms with Gasteiger partial charge in [-0.15, -0.1) is 0 Å². The molecule has 0 saturated carbocycles. The third kappa shape index (κ3) is 3.42. The fourth-order valence-corrected chi connectivity index (χ4v) is 1.79. The topological polar surface area (TPSA) is 17.1 Å². The SMILES string of the molecule is CC(C)(C)c1ccc(C(=O)C(Br)Br)cc1. The molecule has 3 heteroatoms. The molecule has 1 nitrogen and oxygen atoms in total. The van der Waals surface area contributed by atoms with Crippen LogP contribution < -0.4 is 0 Å². The zero-order valence-corrected chi connectivity index (χ0v) is 12.2. The van der Waals surface area contributed by atoms with E-state index in [0.29, 0.717) is 0 Å². The van der Waals surface area contributed by atoms with E-state index in [-0.39, 0.29) is 14.9 Å². The Kier molecular flexibility index (Phi) is 4.13. The number of ketones is 1. The first-order valence-electron chi connectivity index (χ1n) is 4.75. The molecule has 0 aliphatic carbocycles. The lowest BCUT2D eigenvalue weighted by molar-refractivity contribution is 0.101. The molecule has 82 valence electrons. The molecule has 0 saturated heterocycles. The fraction of sp³-hybridized carbons (Fsp3) is 0.417. The highest BCUT2D eigenvalue weighted by Gasteiger charge is 2.16. The molecule has 0 atom stereocenters. The van der Waals surface area contributed by atoms with Gasteiger partial charge >= 0.3 is 0 Å². The predicted molar refractivity (Wildman–Crippen MR) is 71.1 cm³/mol. The summed E-state index contributed by atoms with van der Waals surface area (Å²) in [4.78, 5) is 11.6. The zero-order valence-electron chi connectivity index (χ0n) is 9.05. The molecule has 0 aliphatic rings. The minimum atomic E-state index is -0.300. The summed E-state index contributed by atoms with van der Waals surface area (Å²) in [6.45, 7) is 6.46. The summed E-state index contributed by atoms with van der Waals surface area (Å²) in [5.41, 5.74) is 2.09. The summed E-state index contributed by atoms with van der Waals surface area (Å²) in [6.07, 6.45) is 0. The molecular weight excluding hydrogens is 320 g/mol. The lowest BCUT2D eigenvalue weighted by Gasteiger charge is -2.19. The number of Topliss-reactive ketones (excluding diaryl/α,β-unsaturated/α-hetero) is 1. The average Bonchev–Trinajstić information content (AvgIpc) is 2.15. The second-order valence-corrected chi connectivity index (χ2v) is 7.55. The van der Waals surface area contributed by atoms with Gasteiger partial charge in [-0.1, -0.05) is 76.9 Å². The van der Waals surface area contributed by atoms with Crippen LogP contribution in [-0.4, -0.2) is 9.52 Å². The Balaban J connectivity index is 2.96. The largest absolute Gasteiger partial charge is 0.292 e. The molecule has 0 fully saturated rings. The van der Waals surface area contributed by atoms with Gasteiger partial charge in [0.1, 0.15) is 3.74 Å². The quantitative estimate of drug-likeness (QED) is 0.583. The van der Waals surface area contributed by atoms with Crippen molar-refractivity contribution >= 4 is 37.6 Å². The molecule has 0 bridgehead atoms. The van der Waals surface area contributed by atoms with Crippen molar-refractivity contribution in [2.24, 2.45) is 0 Å². The molecule has 0 amide bonds. The molecule has 0 unspecified atom stereocenters. The van der Waals surface area contributed by atoms with E-state index in [1.807, 2.05) is 24.3 Å². The molecule has 0 heterocycles. The van der Waals surface area contributed by atoms with Gasteiger partial charge in [0.2, 0.25) is 0 Å². The van der Waals surface area contributed by atoms with Crippen molar-refractivity contribution in [3.8, 4) is 0 Å². The zero-order chi connectivity index (χ0) is 11.6. The van der Waals surface area contributed by atoms with E-state index >= 15 is 0 Å². The number of hydrogen-bond donors (Lipinski definition) is 0. The van der Waals surface area contributed by atoms with Crippen LogP contribution in [0.3, 0.4) is 0 Å². The van der Waals surface area contributed by atoms with E-state index in [2.05, 4.69) is 52.6 Å². The summed E-state index contributed by atoms with van der Waals surface area (Å²) in [7, 11) is 0. The Bertz CT molecular complexity index is 347. The summed E-state index contributed by atoms with van der Waals surface area (Å²) >= 11 is 6.40. The van der Waals surface area contributed by atoms with Gasteiger partial charge in [0.05, 0.1) is 0 Å². The maximum Gasteiger partial charge on any atom is 0.187 e. The van der Waals surface area contributed by atoms with E-state index < -0.39 is 0 Å². The molecule has 0 radical (unpaired) electrons. The average molecular weight is 334 g/mol. The molecule has 1 rings (SSSR count). The second-order valence-electron chi connectivity index (χ2n) is 4.49. The van der Waals surface area contributed by atoms with Gasteiger partial charge in [0.25, 0.3) is 0 Å². The number of carbonyl (C=O) groups is 1. The van der Waals surface area contributed by atoms with Gasteiger partial charge in [-0.25, -0.2) is 0 Å². The van der Waals surface area contributed by atoms with Crippen LogP contribution in [0.4, 0.5) is 0 Å². The lowest BCUT2D eigenvalue weighted by atomic mass is 9.86. The number of rotatable bonds is 2. The van der Waals surface area contributed by atoms with Crippen LogP contribution in [0.1, 0.15) is 36.7 Å². The van der Waals surface area contributed by atoms with E-state index in [4.69, 9.17) is 0 Å². The predicted octanol–water partition coefficient (Wildman–Crippen LogP) is 4.28. The Morgan fingerprint density at radius 1 is 1.13 bits per heavy atom. The normalized spacial score (nSPS) is 11.9. The first-order chi connectivity index (χ1) is 6.82. The van der Waals surface area contributed by atoms with Crippen molar-refractivity contribution in [1.29, 1.82) is 0 Å². The van der Waals surface area contributed by atoms with Crippen molar-refractivity contribution in [2.45, 2.75) is 29.9 Å². The third-order valence-corrected chi connectivity index (χ3v) is 3.07. The summed E-state index contributed by atoms with van der Waals surface area (Å²) < 4.78 is -0.300. The number of benzene rings is 1. The van der Waals surface area contributed by atoms with Gasteiger partial charge in [-0.3, -0.25) is 4.79 Å². The Morgan fingerprint density at radius 3 is 1.93 bits per heavy atom. The molecule has 0 spiro atoms. The molecule has 0 N–H and O–H groups in total. The van der Waals surface area contributed by atoms with E-state index in [1.54, 1.807) is 0 Å². The molecule has 0 aliphatic heterocycles. The molecular formula is C12H14Br2O. The highest BCUT2D eigenvalue weighted by atomic mass is 79.9. The maximum absolute atomic E-state index is 11.6. The lowest BCUT2D eigenvalue weighted by Crippen LogP contribution is -2.12.